The molecule has 8 nitrogen and oxygen atoms in total. The van der Waals surface area contributed by atoms with Gasteiger partial charge in [0.1, 0.15) is 0 Å². The van der Waals surface area contributed by atoms with Crippen LogP contribution in [0.25, 0.3) is 5.70 Å². The lowest BCUT2D eigenvalue weighted by atomic mass is 10.0. The summed E-state index contributed by atoms with van der Waals surface area (Å²) in [6.45, 7) is 5.87. The second-order valence-corrected chi connectivity index (χ2v) is 10.3. The number of likely N-dealkylation sites (tertiary alicyclic amines) is 1. The number of hydrogen-bond donors (Lipinski definition) is 3. The lowest BCUT2D eigenvalue weighted by Crippen LogP contribution is -2.31. The molecule has 11 heteroatoms. The predicted molar refractivity (Wildman–Crippen MR) is 152 cm³/mol. The van der Waals surface area contributed by atoms with Crippen LogP contribution in [-0.2, 0) is 11.8 Å². The van der Waals surface area contributed by atoms with Gasteiger partial charge in [-0.1, -0.05) is 30.7 Å². The molecule has 1 atom stereocenters. The number of anilines is 2. The molecule has 1 aromatic carbocycles. The van der Waals surface area contributed by atoms with Gasteiger partial charge in [-0.25, -0.2) is 5.84 Å². The molecule has 1 fully saturated rings. The van der Waals surface area contributed by atoms with Gasteiger partial charge in [0.15, 0.2) is 0 Å². The Hall–Kier alpha value is -3.83. The van der Waals surface area contributed by atoms with E-state index in [1.54, 1.807) is 41.4 Å². The molecule has 1 aliphatic carbocycles. The van der Waals surface area contributed by atoms with Crippen LogP contribution >= 0.6 is 0 Å². The molecule has 0 bridgehead atoms. The van der Waals surface area contributed by atoms with Crippen LogP contribution in [0.2, 0.25) is 0 Å². The summed E-state index contributed by atoms with van der Waals surface area (Å²) >= 11 is 0. The number of halogens is 3. The first-order valence-electron chi connectivity index (χ1n) is 13.2. The molecule has 214 valence electrons. The number of alkyl halides is 3. The van der Waals surface area contributed by atoms with Crippen molar-refractivity contribution in [3.63, 3.8) is 0 Å². The van der Waals surface area contributed by atoms with Gasteiger partial charge in [-0.05, 0) is 69.1 Å². The number of aromatic nitrogens is 2. The van der Waals surface area contributed by atoms with E-state index in [2.05, 4.69) is 15.3 Å². The Labute approximate surface area is 232 Å². The Kier molecular flexibility index (Phi) is 8.85. The van der Waals surface area contributed by atoms with Gasteiger partial charge in [0.25, 0.3) is 0 Å². The molecular weight excluding hydrogens is 519 g/mol. The summed E-state index contributed by atoms with van der Waals surface area (Å²) in [5.41, 5.74) is 9.74. The molecule has 2 aromatic rings. The predicted octanol–water partition coefficient (Wildman–Crippen LogP) is 4.70. The van der Waals surface area contributed by atoms with Crippen LogP contribution in [0.4, 0.5) is 24.5 Å². The molecule has 1 unspecified atom stereocenters. The number of nitrogens with zero attached hydrogens (tertiary/aromatic N) is 4. The first-order chi connectivity index (χ1) is 18.9. The first-order valence-corrected chi connectivity index (χ1v) is 13.2. The standard InChI is InChI=1S/C29H36F3N7O/c1-19-7-10-24(15-27(19)39(34)18-26(33)25-16-35-37(3)20(25)2)36-28(40)22-9-8-21(13-23(14-22)29(30,31)32)17-38-11-5-4-6-12-38/h7-10,13-16,18,22H,4-6,11-12,17,33-34H2,1-3H3,(H,36,40)/b26-18-. The minimum Gasteiger partial charge on any atom is -0.397 e. The Balaban J connectivity index is 1.52. The van der Waals surface area contributed by atoms with Gasteiger partial charge in [-0.3, -0.25) is 19.4 Å². The molecule has 2 heterocycles. The Morgan fingerprint density at radius 3 is 2.60 bits per heavy atom. The zero-order chi connectivity index (χ0) is 29.0. The van der Waals surface area contributed by atoms with E-state index < -0.39 is 23.6 Å². The highest BCUT2D eigenvalue weighted by molar-refractivity contribution is 5.95. The summed E-state index contributed by atoms with van der Waals surface area (Å²) in [6.07, 6.45) is 7.11. The summed E-state index contributed by atoms with van der Waals surface area (Å²) in [5.74, 6) is 4.61. The van der Waals surface area contributed by atoms with Crippen LogP contribution in [-0.4, -0.2) is 46.4 Å². The van der Waals surface area contributed by atoms with Crippen molar-refractivity contribution in [2.24, 2.45) is 24.5 Å². The normalized spacial score (nSPS) is 18.7. The van der Waals surface area contributed by atoms with E-state index in [1.807, 2.05) is 20.9 Å². The smallest absolute Gasteiger partial charge is 0.397 e. The Morgan fingerprint density at radius 1 is 1.23 bits per heavy atom. The number of aryl methyl sites for hydroxylation is 2. The van der Waals surface area contributed by atoms with E-state index in [0.717, 1.165) is 61.3 Å². The monoisotopic (exact) mass is 555 g/mol. The molecule has 1 aliphatic heterocycles. The largest absolute Gasteiger partial charge is 0.416 e. The maximum absolute atomic E-state index is 13.9. The van der Waals surface area contributed by atoms with Gasteiger partial charge in [-0.2, -0.15) is 18.3 Å². The quantitative estimate of drug-likeness (QED) is 0.338. The second kappa shape index (κ2) is 12.1. The lowest BCUT2D eigenvalue weighted by Gasteiger charge is -2.26. The van der Waals surface area contributed by atoms with E-state index in [1.165, 1.54) is 11.1 Å². The fourth-order valence-electron chi connectivity index (χ4n) is 4.85. The summed E-state index contributed by atoms with van der Waals surface area (Å²) in [6, 6.07) is 5.10. The van der Waals surface area contributed by atoms with Crippen LogP contribution in [0.3, 0.4) is 0 Å². The van der Waals surface area contributed by atoms with Crippen LogP contribution < -0.4 is 21.9 Å². The number of hydrogen-bond acceptors (Lipinski definition) is 6. The molecular formula is C29H36F3N7O. The third-order valence-electron chi connectivity index (χ3n) is 7.28. The van der Waals surface area contributed by atoms with Crippen molar-refractivity contribution in [3.05, 3.63) is 82.9 Å². The van der Waals surface area contributed by atoms with Gasteiger partial charge in [0.05, 0.1) is 29.1 Å². The summed E-state index contributed by atoms with van der Waals surface area (Å²) < 4.78 is 43.3. The zero-order valence-corrected chi connectivity index (χ0v) is 23.0. The second-order valence-electron chi connectivity index (χ2n) is 10.3. The average molecular weight is 556 g/mol. The van der Waals surface area contributed by atoms with Gasteiger partial charge in [0.2, 0.25) is 5.91 Å². The van der Waals surface area contributed by atoms with Gasteiger partial charge >= 0.3 is 6.18 Å². The van der Waals surface area contributed by atoms with E-state index in [9.17, 15) is 18.0 Å². The van der Waals surface area contributed by atoms with Crippen LogP contribution in [0, 0.1) is 19.8 Å². The van der Waals surface area contributed by atoms with Gasteiger partial charge < -0.3 is 11.1 Å². The van der Waals surface area contributed by atoms with Crippen molar-refractivity contribution in [1.29, 1.82) is 0 Å². The van der Waals surface area contributed by atoms with Crippen molar-refractivity contribution in [1.82, 2.24) is 14.7 Å². The molecule has 40 heavy (non-hydrogen) atoms. The van der Waals surface area contributed by atoms with Crippen molar-refractivity contribution in [2.45, 2.75) is 39.3 Å². The number of benzene rings is 1. The molecule has 0 spiro atoms. The summed E-state index contributed by atoms with van der Waals surface area (Å²) in [7, 11) is 1.81. The SMILES string of the molecule is Cc1ccc(NC(=O)C2C=CC(CN3CCCCC3)=CC(C(F)(F)F)=C2)cc1N(N)/C=C(\N)c1cnn(C)c1C. The lowest BCUT2D eigenvalue weighted by molar-refractivity contribution is -0.117. The van der Waals surface area contributed by atoms with E-state index in [4.69, 9.17) is 11.6 Å². The maximum atomic E-state index is 13.9. The molecule has 1 saturated heterocycles. The van der Waals surface area contributed by atoms with Crippen molar-refractivity contribution in [2.75, 3.05) is 30.0 Å². The number of hydrazine groups is 1. The first kappa shape index (κ1) is 29.2. The number of nitrogens with two attached hydrogens (primary N) is 2. The van der Waals surface area contributed by atoms with E-state index in [-0.39, 0.29) is 0 Å². The Bertz CT molecular complexity index is 1360. The number of carbonyl (C=O) groups excluding carboxylic acids is 1. The highest BCUT2D eigenvalue weighted by atomic mass is 19.4. The molecule has 0 saturated carbocycles. The molecule has 0 radical (unpaired) electrons. The third-order valence-corrected chi connectivity index (χ3v) is 7.28. The fraction of sp³-hybridized carbons (Fsp3) is 0.379. The van der Waals surface area contributed by atoms with E-state index in [0.29, 0.717) is 29.2 Å². The summed E-state index contributed by atoms with van der Waals surface area (Å²) in [5, 5.41) is 8.28. The average Bonchev–Trinajstić information content (AvgIpc) is 3.09. The maximum Gasteiger partial charge on any atom is 0.416 e. The van der Waals surface area contributed by atoms with Crippen LogP contribution in [0.1, 0.15) is 36.1 Å². The Morgan fingerprint density at radius 2 is 1.95 bits per heavy atom. The number of amides is 1. The number of carbonyl (C=O) groups is 1. The highest BCUT2D eigenvalue weighted by Crippen LogP contribution is 2.32. The van der Waals surface area contributed by atoms with Crippen LogP contribution in [0.5, 0.6) is 0 Å². The van der Waals surface area contributed by atoms with Crippen molar-refractivity contribution in [3.8, 4) is 0 Å². The zero-order valence-electron chi connectivity index (χ0n) is 23.0. The number of piperidine rings is 1. The fourth-order valence-corrected chi connectivity index (χ4v) is 4.85. The van der Waals surface area contributed by atoms with Crippen molar-refractivity contribution < 1.29 is 18.0 Å². The van der Waals surface area contributed by atoms with Gasteiger partial charge in [0, 0.05) is 36.7 Å². The minimum atomic E-state index is -4.58. The van der Waals surface area contributed by atoms with Crippen molar-refractivity contribution >= 4 is 23.0 Å². The number of nitrogens with one attached hydrogen (secondary N) is 1. The molecule has 1 amide bonds. The number of rotatable bonds is 7. The topological polar surface area (TPSA) is 105 Å². The highest BCUT2D eigenvalue weighted by Gasteiger charge is 2.34. The molecule has 2 aliphatic rings. The molecule has 4 rings (SSSR count). The van der Waals surface area contributed by atoms with Crippen LogP contribution in [0.15, 0.2) is 66.0 Å². The summed E-state index contributed by atoms with van der Waals surface area (Å²) in [4.78, 5) is 15.3. The van der Waals surface area contributed by atoms with Gasteiger partial charge in [-0.15, -0.1) is 0 Å². The van der Waals surface area contributed by atoms with E-state index >= 15 is 0 Å². The molecule has 1 aromatic heterocycles. The third kappa shape index (κ3) is 7.02. The molecule has 5 N–H and O–H groups in total. The minimum absolute atomic E-state index is 0.395. The number of allylic oxidation sites excluding steroid dienone is 2.